The van der Waals surface area contributed by atoms with Gasteiger partial charge >= 0.3 is 11.9 Å². The Balaban J connectivity index is 0.00000175. The van der Waals surface area contributed by atoms with E-state index in [1.54, 1.807) is 34.6 Å². The van der Waals surface area contributed by atoms with Crippen LogP contribution < -0.4 is 9.47 Å². The molecule has 2 rings (SSSR count). The van der Waals surface area contributed by atoms with E-state index in [1.165, 1.54) is 0 Å². The van der Waals surface area contributed by atoms with Gasteiger partial charge in [-0.3, -0.25) is 9.59 Å². The maximum atomic E-state index is 12.2. The van der Waals surface area contributed by atoms with Crippen molar-refractivity contribution in [1.82, 2.24) is 0 Å². The molecule has 0 aliphatic heterocycles. The van der Waals surface area contributed by atoms with Gasteiger partial charge in [0.1, 0.15) is 43.5 Å². The van der Waals surface area contributed by atoms with Gasteiger partial charge in [-0.05, 0) is 62.1 Å². The average Bonchev–Trinajstić information content (AvgIpc) is 3.01. The van der Waals surface area contributed by atoms with Crippen LogP contribution in [0.15, 0.2) is 48.5 Å². The zero-order valence-electron chi connectivity index (χ0n) is 30.8. The predicted octanol–water partition coefficient (Wildman–Crippen LogP) is 6.05. The summed E-state index contributed by atoms with van der Waals surface area (Å²) < 4.78 is 27.5. The van der Waals surface area contributed by atoms with Crippen LogP contribution in [-0.4, -0.2) is 77.8 Å². The maximum Gasteiger partial charge on any atom is 0.308 e. The van der Waals surface area contributed by atoms with E-state index < -0.39 is 24.5 Å². The Morgan fingerprint density at radius 2 is 1.15 bits per heavy atom. The molecule has 0 spiro atoms. The highest BCUT2D eigenvalue weighted by atomic mass is 16.6. The highest BCUT2D eigenvalue weighted by Crippen LogP contribution is 2.33. The molecule has 10 heteroatoms. The number of benzene rings is 2. The van der Waals surface area contributed by atoms with E-state index in [0.717, 1.165) is 11.1 Å². The van der Waals surface area contributed by atoms with Crippen LogP contribution in [-0.2, 0) is 29.2 Å². The molecule has 4 unspecified atom stereocenters. The molecule has 4 atom stereocenters. The lowest BCUT2D eigenvalue weighted by molar-refractivity contribution is -0.178. The summed E-state index contributed by atoms with van der Waals surface area (Å²) in [6, 6.07) is 15.3. The highest BCUT2D eigenvalue weighted by molar-refractivity contribution is 5.71. The highest BCUT2D eigenvalue weighted by Gasteiger charge is 2.25. The fraction of sp³-hybridized carbons (Fsp3) is 0.632. The quantitative estimate of drug-likeness (QED) is 0.126. The van der Waals surface area contributed by atoms with Crippen LogP contribution in [0.5, 0.6) is 11.5 Å². The SMILES string of the molecule is CC(C)C(C)O.CC(C)OC(=O)CC(COc1ccc(C(C)(C)c2ccc(OCC(O)COC(=O)C(C)C)cc2)cc1)OC(O)C(C)C. The minimum absolute atomic E-state index is 0.0107. The molecule has 0 bridgehead atoms. The van der Waals surface area contributed by atoms with E-state index in [4.69, 9.17) is 28.8 Å². The summed E-state index contributed by atoms with van der Waals surface area (Å²) in [4.78, 5) is 23.8. The van der Waals surface area contributed by atoms with Crippen LogP contribution in [0.25, 0.3) is 0 Å². The van der Waals surface area contributed by atoms with Gasteiger partial charge in [-0.25, -0.2) is 0 Å². The zero-order valence-corrected chi connectivity index (χ0v) is 30.8. The van der Waals surface area contributed by atoms with Gasteiger partial charge in [-0.15, -0.1) is 0 Å². The second-order valence-corrected chi connectivity index (χ2v) is 13.9. The summed E-state index contributed by atoms with van der Waals surface area (Å²) in [5.74, 6) is 0.467. The Labute approximate surface area is 287 Å². The third-order valence-corrected chi connectivity index (χ3v) is 7.55. The molecule has 0 aliphatic carbocycles. The zero-order chi connectivity index (χ0) is 36.6. The van der Waals surface area contributed by atoms with Crippen molar-refractivity contribution in [3.8, 4) is 11.5 Å². The Kier molecular flexibility index (Phi) is 18.8. The monoisotopic (exact) mass is 676 g/mol. The first-order valence-corrected chi connectivity index (χ1v) is 16.9. The van der Waals surface area contributed by atoms with Crippen LogP contribution in [0.1, 0.15) is 93.7 Å². The maximum absolute atomic E-state index is 12.2. The van der Waals surface area contributed by atoms with E-state index in [-0.39, 0.29) is 61.7 Å². The van der Waals surface area contributed by atoms with Crippen molar-refractivity contribution in [1.29, 1.82) is 0 Å². The van der Waals surface area contributed by atoms with E-state index in [1.807, 2.05) is 76.2 Å². The van der Waals surface area contributed by atoms with Gasteiger partial charge in [0, 0.05) is 11.3 Å². The molecule has 272 valence electrons. The first kappa shape index (κ1) is 42.8. The van der Waals surface area contributed by atoms with E-state index in [0.29, 0.717) is 17.4 Å². The van der Waals surface area contributed by atoms with Crippen molar-refractivity contribution in [3.05, 3.63) is 59.7 Å². The van der Waals surface area contributed by atoms with Gasteiger partial charge in [-0.2, -0.15) is 0 Å². The number of carbonyl (C=O) groups excluding carboxylic acids is 2. The molecule has 0 saturated heterocycles. The average molecular weight is 677 g/mol. The van der Waals surface area contributed by atoms with Crippen LogP contribution in [0, 0.1) is 17.8 Å². The molecule has 0 radical (unpaired) electrons. The van der Waals surface area contributed by atoms with Gasteiger partial charge in [0.25, 0.3) is 0 Å². The minimum atomic E-state index is -1.02. The van der Waals surface area contributed by atoms with E-state index >= 15 is 0 Å². The molecule has 0 heterocycles. The number of aliphatic hydroxyl groups is 3. The van der Waals surface area contributed by atoms with E-state index in [2.05, 4.69) is 13.8 Å². The number of aliphatic hydroxyl groups excluding tert-OH is 3. The fourth-order valence-electron chi connectivity index (χ4n) is 3.87. The first-order valence-electron chi connectivity index (χ1n) is 16.9. The van der Waals surface area contributed by atoms with Crippen molar-refractivity contribution in [3.63, 3.8) is 0 Å². The lowest BCUT2D eigenvalue weighted by Gasteiger charge is -2.27. The number of esters is 2. The van der Waals surface area contributed by atoms with E-state index in [9.17, 15) is 19.8 Å². The molecule has 3 N–H and O–H groups in total. The first-order chi connectivity index (χ1) is 22.3. The molecule has 2 aromatic rings. The molecular formula is C38H60O10. The van der Waals surface area contributed by atoms with Gasteiger partial charge in [0.15, 0.2) is 6.29 Å². The summed E-state index contributed by atoms with van der Waals surface area (Å²) in [7, 11) is 0. The Morgan fingerprint density at radius 3 is 1.54 bits per heavy atom. The molecule has 0 aromatic heterocycles. The number of hydrogen-bond donors (Lipinski definition) is 3. The Bertz CT molecular complexity index is 1180. The molecule has 0 amide bonds. The van der Waals surface area contributed by atoms with Crippen LogP contribution in [0.4, 0.5) is 0 Å². The fourth-order valence-corrected chi connectivity index (χ4v) is 3.87. The van der Waals surface area contributed by atoms with Gasteiger partial charge < -0.3 is 39.0 Å². The summed E-state index contributed by atoms with van der Waals surface area (Å²) >= 11 is 0. The predicted molar refractivity (Wildman–Crippen MR) is 186 cm³/mol. The summed E-state index contributed by atoms with van der Waals surface area (Å²) in [5.41, 5.74) is 1.80. The normalized spacial score (nSPS) is 14.2. The van der Waals surface area contributed by atoms with Gasteiger partial charge in [0.05, 0.1) is 24.5 Å². The Hall–Kier alpha value is -3.18. The molecule has 0 aliphatic rings. The number of ether oxygens (including phenoxy) is 5. The Morgan fingerprint density at radius 1 is 0.688 bits per heavy atom. The van der Waals surface area contributed by atoms with Gasteiger partial charge in [-0.1, -0.05) is 79.7 Å². The van der Waals surface area contributed by atoms with Crippen molar-refractivity contribution < 1.29 is 48.6 Å². The second kappa shape index (κ2) is 21.0. The van der Waals surface area contributed by atoms with Gasteiger partial charge in [0.2, 0.25) is 0 Å². The van der Waals surface area contributed by atoms with Crippen LogP contribution in [0.2, 0.25) is 0 Å². The number of hydrogen-bond acceptors (Lipinski definition) is 10. The molecular weight excluding hydrogens is 616 g/mol. The van der Waals surface area contributed by atoms with Crippen LogP contribution >= 0.6 is 0 Å². The molecule has 2 aromatic carbocycles. The van der Waals surface area contributed by atoms with Crippen molar-refractivity contribution in [2.45, 2.75) is 119 Å². The third kappa shape index (κ3) is 16.3. The molecule has 10 nitrogen and oxygen atoms in total. The number of carbonyl (C=O) groups is 2. The molecule has 0 fully saturated rings. The standard InChI is InChI=1S/C33H48O9.C5H12O/c1-21(2)31(36)40-19-26(34)18-38-27-13-9-24(10-14-27)33(7,8)25-11-15-28(16-12-25)39-20-29(42-32(37)22(3)4)17-30(35)41-23(5)6;1-4(2)5(3)6/h9-16,21-23,26,29,32,34,37H,17-20H2,1-8H3;4-6H,1-3H3. The van der Waals surface area contributed by atoms with Crippen molar-refractivity contribution in [2.75, 3.05) is 19.8 Å². The number of rotatable bonds is 18. The summed E-state index contributed by atoms with van der Waals surface area (Å²) in [6.07, 6.45) is -3.02. The van der Waals surface area contributed by atoms with Crippen molar-refractivity contribution >= 4 is 11.9 Å². The minimum Gasteiger partial charge on any atom is -0.491 e. The largest absolute Gasteiger partial charge is 0.491 e. The summed E-state index contributed by atoms with van der Waals surface area (Å²) in [6.45, 7) is 20.7. The lowest BCUT2D eigenvalue weighted by Crippen LogP contribution is -2.33. The lowest BCUT2D eigenvalue weighted by atomic mass is 9.78. The summed E-state index contributed by atoms with van der Waals surface area (Å²) in [5, 5.41) is 28.9. The topological polar surface area (TPSA) is 141 Å². The second-order valence-electron chi connectivity index (χ2n) is 13.9. The smallest absolute Gasteiger partial charge is 0.308 e. The molecule has 0 saturated carbocycles. The van der Waals surface area contributed by atoms with Crippen molar-refractivity contribution in [2.24, 2.45) is 17.8 Å². The van der Waals surface area contributed by atoms with Crippen LogP contribution in [0.3, 0.4) is 0 Å². The molecule has 48 heavy (non-hydrogen) atoms. The third-order valence-electron chi connectivity index (χ3n) is 7.55.